The van der Waals surface area contributed by atoms with Crippen LogP contribution in [0.15, 0.2) is 65.1 Å². The van der Waals surface area contributed by atoms with Crippen LogP contribution < -0.4 is 4.74 Å². The van der Waals surface area contributed by atoms with Crippen molar-refractivity contribution in [3.8, 4) is 17.6 Å². The molecule has 0 saturated carbocycles. The fourth-order valence-electron chi connectivity index (χ4n) is 3.96. The topological polar surface area (TPSA) is 55.8 Å². The van der Waals surface area contributed by atoms with Crippen LogP contribution in [0.4, 0.5) is 0 Å². The predicted molar refractivity (Wildman–Crippen MR) is 154 cm³/mol. The summed E-state index contributed by atoms with van der Waals surface area (Å²) in [4.78, 5) is 0.287. The molecule has 0 spiro atoms. The highest BCUT2D eigenvalue weighted by Crippen LogP contribution is 2.39. The largest absolute Gasteiger partial charge is 0.497 e. The number of nitrogens with zero attached hydrogens (tertiary/aromatic N) is 1. The molecule has 1 unspecified atom stereocenters. The molecule has 0 fully saturated rings. The lowest BCUT2D eigenvalue weighted by molar-refractivity contribution is 0.204. The Bertz CT molecular complexity index is 1250. The first-order valence-electron chi connectivity index (χ1n) is 12.9. The number of hydrogen-bond acceptors (Lipinski definition) is 4. The van der Waals surface area contributed by atoms with Crippen LogP contribution in [0, 0.1) is 18.8 Å². The Balaban J connectivity index is 1.86. The van der Waals surface area contributed by atoms with Crippen LogP contribution in [-0.4, -0.2) is 47.3 Å². The van der Waals surface area contributed by atoms with E-state index in [0.29, 0.717) is 6.54 Å². The lowest BCUT2D eigenvalue weighted by Gasteiger charge is -2.39. The summed E-state index contributed by atoms with van der Waals surface area (Å²) in [6, 6.07) is 14.4. The van der Waals surface area contributed by atoms with E-state index in [-0.39, 0.29) is 22.6 Å². The summed E-state index contributed by atoms with van der Waals surface area (Å²) in [5.41, 5.74) is 2.93. The number of benzene rings is 2. The average molecular weight is 540 g/mol. The van der Waals surface area contributed by atoms with Crippen LogP contribution in [0.3, 0.4) is 0 Å². The van der Waals surface area contributed by atoms with Gasteiger partial charge >= 0.3 is 0 Å². The Morgan fingerprint density at radius 3 is 2.30 bits per heavy atom. The molecular formula is C30H41NO4SSi. The smallest absolute Gasteiger partial charge is 0.244 e. The maximum Gasteiger partial charge on any atom is 0.244 e. The summed E-state index contributed by atoms with van der Waals surface area (Å²) in [5.74, 6) is 6.95. The lowest BCUT2D eigenvalue weighted by atomic mass is 9.97. The van der Waals surface area contributed by atoms with E-state index in [2.05, 4.69) is 51.8 Å². The average Bonchev–Trinajstić information content (AvgIpc) is 2.83. The van der Waals surface area contributed by atoms with E-state index >= 15 is 0 Å². The lowest BCUT2D eigenvalue weighted by Crippen LogP contribution is -2.44. The maximum atomic E-state index is 13.7. The second-order valence-electron chi connectivity index (χ2n) is 11.3. The molecule has 0 aromatic heterocycles. The number of sulfonamides is 1. The Morgan fingerprint density at radius 2 is 1.70 bits per heavy atom. The van der Waals surface area contributed by atoms with Crippen LogP contribution in [0.5, 0.6) is 5.75 Å². The predicted octanol–water partition coefficient (Wildman–Crippen LogP) is 6.55. The SMILES string of the molecule is COc1ccc(C#CCN(CC2=CC(O[Si](C)(C)C(C)(C)C)CCC2)S(=O)(=O)c2ccc(C)cc2)cc1. The van der Waals surface area contributed by atoms with Gasteiger partial charge in [-0.05, 0) is 80.7 Å². The molecular weight excluding hydrogens is 498 g/mol. The van der Waals surface area contributed by atoms with Crippen molar-refractivity contribution in [3.05, 3.63) is 71.3 Å². The number of aryl methyl sites for hydroxylation is 1. The van der Waals surface area contributed by atoms with Crippen LogP contribution >= 0.6 is 0 Å². The van der Waals surface area contributed by atoms with Crippen molar-refractivity contribution in [1.82, 2.24) is 4.31 Å². The molecule has 0 amide bonds. The van der Waals surface area contributed by atoms with Crippen molar-refractivity contribution in [2.24, 2.45) is 0 Å². The molecule has 2 aromatic rings. The summed E-state index contributed by atoms with van der Waals surface area (Å²) < 4.78 is 40.7. The Hall–Kier alpha value is -2.37. The van der Waals surface area contributed by atoms with Gasteiger partial charge in [0.15, 0.2) is 8.32 Å². The summed E-state index contributed by atoms with van der Waals surface area (Å²) in [5, 5.41) is 0.121. The van der Waals surface area contributed by atoms with Crippen molar-refractivity contribution >= 4 is 18.3 Å². The van der Waals surface area contributed by atoms with Crippen LogP contribution in [0.2, 0.25) is 18.1 Å². The molecule has 7 heteroatoms. The Morgan fingerprint density at radius 1 is 1.05 bits per heavy atom. The fourth-order valence-corrected chi connectivity index (χ4v) is 6.60. The molecule has 0 radical (unpaired) electrons. The summed E-state index contributed by atoms with van der Waals surface area (Å²) in [6.45, 7) is 13.6. The number of methoxy groups -OCH3 is 1. The highest BCUT2D eigenvalue weighted by molar-refractivity contribution is 7.89. The third kappa shape index (κ3) is 7.81. The normalized spacial score (nSPS) is 16.6. The van der Waals surface area contributed by atoms with Gasteiger partial charge in [0, 0.05) is 12.1 Å². The van der Waals surface area contributed by atoms with E-state index in [9.17, 15) is 8.42 Å². The first-order chi connectivity index (χ1) is 17.3. The van der Waals surface area contributed by atoms with Crippen LogP contribution in [0.25, 0.3) is 0 Å². The standard InChI is InChI=1S/C30H41NO4SSi/c1-24-13-19-29(20-14-24)36(32,33)31(21-9-11-25-15-17-27(34-5)18-16-25)23-26-10-8-12-28(22-26)35-37(6,7)30(2,3)4/h13-20,22,28H,8,10,12,21,23H2,1-7H3. The monoisotopic (exact) mass is 539 g/mol. The maximum absolute atomic E-state index is 13.7. The van der Waals surface area contributed by atoms with Gasteiger partial charge in [0.2, 0.25) is 10.0 Å². The van der Waals surface area contributed by atoms with E-state index in [1.807, 2.05) is 43.3 Å². The van der Waals surface area contributed by atoms with Crippen molar-refractivity contribution in [2.45, 2.75) is 76.1 Å². The first kappa shape index (κ1) is 29.2. The molecule has 0 bridgehead atoms. The van der Waals surface area contributed by atoms with E-state index in [4.69, 9.17) is 9.16 Å². The van der Waals surface area contributed by atoms with Crippen LogP contribution in [0.1, 0.15) is 51.2 Å². The molecule has 1 atom stereocenters. The van der Waals surface area contributed by atoms with E-state index in [0.717, 1.165) is 41.7 Å². The van der Waals surface area contributed by atoms with Gasteiger partial charge in [0.1, 0.15) is 5.75 Å². The van der Waals surface area contributed by atoms with Crippen molar-refractivity contribution in [1.29, 1.82) is 0 Å². The second kappa shape index (κ2) is 12.0. The molecule has 0 N–H and O–H groups in total. The van der Waals surface area contributed by atoms with E-state index < -0.39 is 18.3 Å². The van der Waals surface area contributed by atoms with Crippen molar-refractivity contribution in [3.63, 3.8) is 0 Å². The second-order valence-corrected chi connectivity index (χ2v) is 17.9. The molecule has 0 saturated heterocycles. The molecule has 0 aliphatic heterocycles. The van der Waals surface area contributed by atoms with Gasteiger partial charge in [-0.3, -0.25) is 0 Å². The van der Waals surface area contributed by atoms with E-state index in [1.54, 1.807) is 19.2 Å². The third-order valence-corrected chi connectivity index (χ3v) is 13.6. The molecule has 2 aromatic carbocycles. The zero-order chi connectivity index (χ0) is 27.3. The summed E-state index contributed by atoms with van der Waals surface area (Å²) >= 11 is 0. The molecule has 1 aliphatic rings. The van der Waals surface area contributed by atoms with Crippen LogP contribution in [-0.2, 0) is 14.4 Å². The fraction of sp³-hybridized carbons (Fsp3) is 0.467. The molecule has 200 valence electrons. The first-order valence-corrected chi connectivity index (χ1v) is 17.2. The van der Waals surface area contributed by atoms with Gasteiger partial charge in [0.25, 0.3) is 0 Å². The minimum atomic E-state index is -3.72. The van der Waals surface area contributed by atoms with E-state index in [1.165, 1.54) is 4.31 Å². The molecule has 5 nitrogen and oxygen atoms in total. The molecule has 37 heavy (non-hydrogen) atoms. The number of hydrogen-bond donors (Lipinski definition) is 0. The minimum absolute atomic E-state index is 0.0268. The van der Waals surface area contributed by atoms with Gasteiger partial charge in [-0.25, -0.2) is 8.42 Å². The molecule has 3 rings (SSSR count). The van der Waals surface area contributed by atoms with Gasteiger partial charge in [-0.15, -0.1) is 0 Å². The molecule has 1 aliphatic carbocycles. The highest BCUT2D eigenvalue weighted by atomic mass is 32.2. The van der Waals surface area contributed by atoms with Gasteiger partial charge < -0.3 is 9.16 Å². The zero-order valence-electron chi connectivity index (χ0n) is 23.3. The minimum Gasteiger partial charge on any atom is -0.497 e. The van der Waals surface area contributed by atoms with Gasteiger partial charge in [-0.2, -0.15) is 4.31 Å². The van der Waals surface area contributed by atoms with Crippen molar-refractivity contribution in [2.75, 3.05) is 20.2 Å². The zero-order valence-corrected chi connectivity index (χ0v) is 25.1. The Labute approximate surface area is 225 Å². The third-order valence-electron chi connectivity index (χ3n) is 7.28. The molecule has 0 heterocycles. The number of rotatable bonds is 8. The summed E-state index contributed by atoms with van der Waals surface area (Å²) in [6.07, 6.45) is 5.01. The Kier molecular flexibility index (Phi) is 9.46. The number of ether oxygens (including phenoxy) is 1. The summed E-state index contributed by atoms with van der Waals surface area (Å²) in [7, 11) is -4.03. The van der Waals surface area contributed by atoms with Gasteiger partial charge in [-0.1, -0.05) is 62.0 Å². The quantitative estimate of drug-likeness (QED) is 0.217. The highest BCUT2D eigenvalue weighted by Gasteiger charge is 2.39. The van der Waals surface area contributed by atoms with Crippen molar-refractivity contribution < 1.29 is 17.6 Å². The van der Waals surface area contributed by atoms with Gasteiger partial charge in [0.05, 0.1) is 24.7 Å².